The third kappa shape index (κ3) is 4.04. The van der Waals surface area contributed by atoms with E-state index < -0.39 is 11.7 Å². The molecule has 6 nitrogen and oxygen atoms in total. The Morgan fingerprint density at radius 1 is 1.00 bits per heavy atom. The largest absolute Gasteiger partial charge is 0.416 e. The zero-order chi connectivity index (χ0) is 19.7. The molecule has 1 aliphatic rings. The molecule has 2 aromatic heterocycles. The fourth-order valence-electron chi connectivity index (χ4n) is 3.37. The molecule has 1 fully saturated rings. The van der Waals surface area contributed by atoms with Crippen molar-refractivity contribution in [2.75, 3.05) is 10.6 Å². The number of anilines is 3. The topological polar surface area (TPSA) is 74.5 Å². The number of alkyl halides is 3. The van der Waals surface area contributed by atoms with Crippen LogP contribution in [-0.2, 0) is 6.18 Å². The van der Waals surface area contributed by atoms with Crippen LogP contribution < -0.4 is 10.6 Å². The summed E-state index contributed by atoms with van der Waals surface area (Å²) in [4.78, 5) is 4.38. The minimum Gasteiger partial charge on any atom is -0.393 e. The number of pyridine rings is 1. The van der Waals surface area contributed by atoms with E-state index >= 15 is 0 Å². The Balaban J connectivity index is 1.51. The van der Waals surface area contributed by atoms with Gasteiger partial charge >= 0.3 is 6.18 Å². The second-order valence-corrected chi connectivity index (χ2v) is 6.97. The van der Waals surface area contributed by atoms with E-state index in [4.69, 9.17) is 0 Å². The van der Waals surface area contributed by atoms with Crippen molar-refractivity contribution in [3.05, 3.63) is 48.0 Å². The van der Waals surface area contributed by atoms with Gasteiger partial charge in [0, 0.05) is 11.7 Å². The molecule has 0 amide bonds. The van der Waals surface area contributed by atoms with Gasteiger partial charge < -0.3 is 15.7 Å². The highest BCUT2D eigenvalue weighted by atomic mass is 19.4. The number of hydrogen-bond acceptors (Lipinski definition) is 5. The summed E-state index contributed by atoms with van der Waals surface area (Å²) in [5.41, 5.74) is 0.389. The third-order valence-corrected chi connectivity index (χ3v) is 4.88. The number of rotatable bonds is 4. The van der Waals surface area contributed by atoms with Crippen molar-refractivity contribution < 1.29 is 18.3 Å². The van der Waals surface area contributed by atoms with Crippen LogP contribution in [0.5, 0.6) is 0 Å². The molecule has 4 rings (SSSR count). The molecule has 2 heterocycles. The fourth-order valence-corrected chi connectivity index (χ4v) is 3.37. The average molecular weight is 391 g/mol. The summed E-state index contributed by atoms with van der Waals surface area (Å²) in [5, 5.41) is 20.4. The van der Waals surface area contributed by atoms with Gasteiger partial charge in [-0.25, -0.2) is 0 Å². The van der Waals surface area contributed by atoms with Gasteiger partial charge in [-0.05, 0) is 62.1 Å². The molecule has 1 aromatic carbocycles. The van der Waals surface area contributed by atoms with E-state index in [2.05, 4.69) is 20.7 Å². The SMILES string of the molecule is O[C@H]1CC[C@@H](Nc2cccc3nc(Nc4ccc(C(F)(F)F)cc4)nn23)CC1. The van der Waals surface area contributed by atoms with Crippen LogP contribution in [0.1, 0.15) is 31.2 Å². The number of benzene rings is 1. The molecule has 148 valence electrons. The molecule has 0 saturated heterocycles. The Hall–Kier alpha value is -2.81. The summed E-state index contributed by atoms with van der Waals surface area (Å²) in [6, 6.07) is 10.6. The first-order chi connectivity index (χ1) is 13.4. The molecule has 3 aromatic rings. The summed E-state index contributed by atoms with van der Waals surface area (Å²) in [7, 11) is 0. The molecule has 9 heteroatoms. The summed E-state index contributed by atoms with van der Waals surface area (Å²) in [5.74, 6) is 1.08. The predicted octanol–water partition coefficient (Wildman–Crippen LogP) is 4.21. The molecule has 0 spiro atoms. The van der Waals surface area contributed by atoms with Crippen molar-refractivity contribution in [2.24, 2.45) is 0 Å². The van der Waals surface area contributed by atoms with Gasteiger partial charge in [0.05, 0.1) is 11.7 Å². The maximum atomic E-state index is 12.7. The van der Waals surface area contributed by atoms with E-state index in [9.17, 15) is 18.3 Å². The van der Waals surface area contributed by atoms with Gasteiger partial charge in [-0.2, -0.15) is 22.7 Å². The van der Waals surface area contributed by atoms with Crippen molar-refractivity contribution in [1.82, 2.24) is 14.6 Å². The minimum absolute atomic E-state index is 0.222. The molecule has 3 N–H and O–H groups in total. The van der Waals surface area contributed by atoms with Crippen LogP contribution in [0.4, 0.5) is 30.6 Å². The van der Waals surface area contributed by atoms with Gasteiger partial charge in [-0.3, -0.25) is 0 Å². The molecule has 0 radical (unpaired) electrons. The lowest BCUT2D eigenvalue weighted by atomic mass is 9.93. The Kier molecular flexibility index (Phi) is 4.84. The maximum absolute atomic E-state index is 12.7. The number of aliphatic hydroxyl groups excluding tert-OH is 1. The standard InChI is InChI=1S/C19H20F3N5O/c20-19(21,22)12-4-6-14(7-5-12)24-18-25-17-3-1-2-16(27(17)26-18)23-13-8-10-15(28)11-9-13/h1-7,13,15,23,28H,8-11H2,(H,24,26)/t13-,15+. The van der Waals surface area contributed by atoms with Crippen molar-refractivity contribution in [1.29, 1.82) is 0 Å². The van der Waals surface area contributed by atoms with Crippen molar-refractivity contribution in [3.63, 3.8) is 0 Å². The van der Waals surface area contributed by atoms with Crippen LogP contribution in [0.15, 0.2) is 42.5 Å². The van der Waals surface area contributed by atoms with Crippen molar-refractivity contribution in [3.8, 4) is 0 Å². The lowest BCUT2D eigenvalue weighted by Crippen LogP contribution is -2.29. The first kappa shape index (κ1) is 18.5. The maximum Gasteiger partial charge on any atom is 0.416 e. The van der Waals surface area contributed by atoms with Crippen LogP contribution in [0.25, 0.3) is 5.65 Å². The normalized spacial score (nSPS) is 20.3. The van der Waals surface area contributed by atoms with E-state index in [1.54, 1.807) is 10.6 Å². The quantitative estimate of drug-likeness (QED) is 0.621. The van der Waals surface area contributed by atoms with E-state index in [1.807, 2.05) is 12.1 Å². The summed E-state index contributed by atoms with van der Waals surface area (Å²) in [6.07, 6.45) is -1.29. The zero-order valence-electron chi connectivity index (χ0n) is 14.9. The summed E-state index contributed by atoms with van der Waals surface area (Å²) >= 11 is 0. The van der Waals surface area contributed by atoms with Crippen LogP contribution in [0, 0.1) is 0 Å². The molecule has 28 heavy (non-hydrogen) atoms. The Bertz CT molecular complexity index is 946. The van der Waals surface area contributed by atoms with Crippen LogP contribution in [0.3, 0.4) is 0 Å². The van der Waals surface area contributed by atoms with E-state index in [0.29, 0.717) is 17.3 Å². The Morgan fingerprint density at radius 3 is 2.39 bits per heavy atom. The van der Waals surface area contributed by atoms with Gasteiger partial charge in [0.2, 0.25) is 5.95 Å². The Labute approximate surface area is 159 Å². The molecule has 0 bridgehead atoms. The number of aromatic nitrogens is 3. The molecule has 0 unspecified atom stereocenters. The van der Waals surface area contributed by atoms with Gasteiger partial charge in [0.15, 0.2) is 5.65 Å². The molecular formula is C19H20F3N5O. The molecule has 1 saturated carbocycles. The first-order valence-electron chi connectivity index (χ1n) is 9.13. The first-order valence-corrected chi connectivity index (χ1v) is 9.13. The highest BCUT2D eigenvalue weighted by Gasteiger charge is 2.30. The summed E-state index contributed by atoms with van der Waals surface area (Å²) < 4.78 is 39.7. The third-order valence-electron chi connectivity index (χ3n) is 4.88. The summed E-state index contributed by atoms with van der Waals surface area (Å²) in [6.45, 7) is 0. The smallest absolute Gasteiger partial charge is 0.393 e. The highest BCUT2D eigenvalue weighted by Crippen LogP contribution is 2.30. The number of nitrogens with zero attached hydrogens (tertiary/aromatic N) is 3. The van der Waals surface area contributed by atoms with Crippen LogP contribution in [0.2, 0.25) is 0 Å². The fraction of sp³-hybridized carbons (Fsp3) is 0.368. The lowest BCUT2D eigenvalue weighted by Gasteiger charge is -2.26. The van der Waals surface area contributed by atoms with E-state index in [1.165, 1.54) is 12.1 Å². The van der Waals surface area contributed by atoms with E-state index in [-0.39, 0.29) is 12.1 Å². The van der Waals surface area contributed by atoms with Gasteiger partial charge in [-0.15, -0.1) is 5.10 Å². The minimum atomic E-state index is -4.37. The van der Waals surface area contributed by atoms with Gasteiger partial charge in [-0.1, -0.05) is 6.07 Å². The second-order valence-electron chi connectivity index (χ2n) is 6.97. The number of nitrogens with one attached hydrogen (secondary N) is 2. The van der Waals surface area contributed by atoms with Gasteiger partial charge in [0.1, 0.15) is 5.82 Å². The second kappa shape index (κ2) is 7.31. The number of hydrogen-bond donors (Lipinski definition) is 3. The average Bonchev–Trinajstić information content (AvgIpc) is 3.07. The molecular weight excluding hydrogens is 371 g/mol. The van der Waals surface area contributed by atoms with Crippen molar-refractivity contribution >= 4 is 23.1 Å². The molecule has 1 aliphatic carbocycles. The lowest BCUT2D eigenvalue weighted by molar-refractivity contribution is -0.137. The monoisotopic (exact) mass is 391 g/mol. The predicted molar refractivity (Wildman–Crippen MR) is 99.6 cm³/mol. The van der Waals surface area contributed by atoms with Crippen molar-refractivity contribution in [2.45, 2.75) is 44.0 Å². The van der Waals surface area contributed by atoms with Crippen LogP contribution >= 0.6 is 0 Å². The number of halogens is 3. The molecule has 0 atom stereocenters. The number of aliphatic hydroxyl groups is 1. The van der Waals surface area contributed by atoms with E-state index in [0.717, 1.165) is 43.6 Å². The van der Waals surface area contributed by atoms with Gasteiger partial charge in [0.25, 0.3) is 0 Å². The highest BCUT2D eigenvalue weighted by molar-refractivity contribution is 5.58. The van der Waals surface area contributed by atoms with Crippen LogP contribution in [-0.4, -0.2) is 31.9 Å². The Morgan fingerprint density at radius 2 is 1.71 bits per heavy atom. The molecule has 0 aliphatic heterocycles. The zero-order valence-corrected chi connectivity index (χ0v) is 14.9. The number of fused-ring (bicyclic) bond motifs is 1.